The molecule has 11 nitrogen and oxygen atoms in total. The van der Waals surface area contributed by atoms with Crippen LogP contribution in [0.3, 0.4) is 0 Å². The quantitative estimate of drug-likeness (QED) is 0.289. The summed E-state index contributed by atoms with van der Waals surface area (Å²) in [5.74, 6) is -2.59. The Labute approximate surface area is 280 Å². The van der Waals surface area contributed by atoms with Gasteiger partial charge in [-0.3, -0.25) is 14.4 Å². The maximum Gasteiger partial charge on any atom is 0.338 e. The van der Waals surface area contributed by atoms with Crippen LogP contribution in [-0.2, 0) is 46.2 Å². The third kappa shape index (κ3) is 8.58. The Balaban J connectivity index is 1.31. The number of benzene rings is 2. The molecule has 1 heterocycles. The monoisotopic (exact) mass is 660 g/mol. The fraction of sp³-hybridized carbons (Fsp3) is 0.459. The van der Waals surface area contributed by atoms with Gasteiger partial charge >= 0.3 is 11.9 Å². The Hall–Kier alpha value is -4.32. The molecule has 1 saturated heterocycles. The number of aliphatic hydroxyl groups is 1. The van der Waals surface area contributed by atoms with Gasteiger partial charge in [-0.05, 0) is 68.2 Å². The molecule has 1 fully saturated rings. The van der Waals surface area contributed by atoms with Crippen LogP contribution in [0, 0.1) is 0 Å². The lowest BCUT2D eigenvalue weighted by molar-refractivity contribution is -0.172. The van der Waals surface area contributed by atoms with Gasteiger partial charge in [0.2, 0.25) is 11.8 Å². The number of carbonyl (C=O) groups excluding carboxylic acids is 4. The molecule has 0 saturated carbocycles. The molecule has 1 spiro atoms. The maximum absolute atomic E-state index is 13.5. The first kappa shape index (κ1) is 35.0. The van der Waals surface area contributed by atoms with Crippen LogP contribution in [0.4, 0.5) is 0 Å². The van der Waals surface area contributed by atoms with Crippen LogP contribution in [0.15, 0.2) is 66.3 Å². The molecule has 2 aromatic carbocycles. The largest absolute Gasteiger partial charge is 0.460 e. The fourth-order valence-corrected chi connectivity index (χ4v) is 6.09. The van der Waals surface area contributed by atoms with Crippen LogP contribution < -0.4 is 5.32 Å². The van der Waals surface area contributed by atoms with E-state index in [1.54, 1.807) is 71.3 Å². The summed E-state index contributed by atoms with van der Waals surface area (Å²) < 4.78 is 24.4. The van der Waals surface area contributed by atoms with Gasteiger partial charge in [0.15, 0.2) is 5.79 Å². The third-order valence-electron chi connectivity index (χ3n) is 8.44. The number of nitrogens with one attached hydrogen (secondary N) is 1. The van der Waals surface area contributed by atoms with Crippen molar-refractivity contribution in [3.05, 3.63) is 88.5 Å². The van der Waals surface area contributed by atoms with Crippen molar-refractivity contribution in [3.8, 4) is 0 Å². The van der Waals surface area contributed by atoms with E-state index >= 15 is 0 Å². The molecule has 0 aromatic heterocycles. The molecule has 0 radical (unpaired) electrons. The maximum atomic E-state index is 13.5. The van der Waals surface area contributed by atoms with Gasteiger partial charge in [0.05, 0.1) is 18.2 Å². The topological polar surface area (TPSA) is 141 Å². The zero-order chi connectivity index (χ0) is 34.6. The van der Waals surface area contributed by atoms with Gasteiger partial charge in [0.1, 0.15) is 23.9 Å². The molecule has 4 atom stereocenters. The van der Waals surface area contributed by atoms with Crippen LogP contribution in [-0.4, -0.2) is 90.2 Å². The molecule has 2 amide bonds. The van der Waals surface area contributed by atoms with Gasteiger partial charge in [-0.2, -0.15) is 0 Å². The molecule has 2 aromatic rings. The predicted octanol–water partition coefficient (Wildman–Crippen LogP) is 3.52. The Kier molecular flexibility index (Phi) is 10.5. The molecule has 5 rings (SSSR count). The van der Waals surface area contributed by atoms with E-state index in [0.717, 1.165) is 16.7 Å². The number of ether oxygens (including phenoxy) is 4. The summed E-state index contributed by atoms with van der Waals surface area (Å²) in [7, 11) is 3.33. The lowest BCUT2D eigenvalue weighted by Crippen LogP contribution is -2.45. The van der Waals surface area contributed by atoms with Gasteiger partial charge < -0.3 is 34.3 Å². The number of nitrogens with zero attached hydrogens (tertiary/aromatic N) is 1. The molecular formula is C37H44N2O9. The van der Waals surface area contributed by atoms with Crippen molar-refractivity contribution in [3.63, 3.8) is 0 Å². The highest BCUT2D eigenvalue weighted by molar-refractivity contribution is 5.95. The third-order valence-corrected chi connectivity index (χ3v) is 8.44. The number of hydrogen-bond donors (Lipinski definition) is 2. The number of fused-ring (bicyclic) bond motifs is 2. The highest BCUT2D eigenvalue weighted by Crippen LogP contribution is 2.45. The number of amides is 2. The van der Waals surface area contributed by atoms with Crippen LogP contribution in [0.5, 0.6) is 0 Å². The first-order valence-corrected chi connectivity index (χ1v) is 16.2. The van der Waals surface area contributed by atoms with E-state index in [0.29, 0.717) is 24.0 Å². The second-order valence-electron chi connectivity index (χ2n) is 13.7. The number of aliphatic hydroxyl groups excluding tert-OH is 1. The van der Waals surface area contributed by atoms with Crippen molar-refractivity contribution in [1.29, 1.82) is 0 Å². The van der Waals surface area contributed by atoms with E-state index in [2.05, 4.69) is 5.32 Å². The molecule has 0 unspecified atom stereocenters. The Morgan fingerprint density at radius 2 is 1.71 bits per heavy atom. The van der Waals surface area contributed by atoms with Crippen LogP contribution in [0.1, 0.15) is 67.1 Å². The normalized spacial score (nSPS) is 21.6. The second kappa shape index (κ2) is 14.4. The summed E-state index contributed by atoms with van der Waals surface area (Å²) in [5, 5.41) is 12.8. The van der Waals surface area contributed by atoms with Crippen molar-refractivity contribution < 1.29 is 43.2 Å². The van der Waals surface area contributed by atoms with E-state index in [-0.39, 0.29) is 31.8 Å². The lowest BCUT2D eigenvalue weighted by atomic mass is 9.91. The van der Waals surface area contributed by atoms with Crippen LogP contribution >= 0.6 is 0 Å². The molecular weight excluding hydrogens is 616 g/mol. The summed E-state index contributed by atoms with van der Waals surface area (Å²) in [6, 6.07) is 14.0. The van der Waals surface area contributed by atoms with Crippen molar-refractivity contribution >= 4 is 29.8 Å². The van der Waals surface area contributed by atoms with Crippen molar-refractivity contribution in [2.24, 2.45) is 0 Å². The van der Waals surface area contributed by atoms with E-state index in [9.17, 15) is 24.3 Å². The van der Waals surface area contributed by atoms with E-state index in [1.807, 2.05) is 24.3 Å². The number of hydrogen-bond acceptors (Lipinski definition) is 9. The molecule has 11 heteroatoms. The molecule has 48 heavy (non-hydrogen) atoms. The average Bonchev–Trinajstić information content (AvgIpc) is 3.59. The van der Waals surface area contributed by atoms with Crippen molar-refractivity contribution in [2.75, 3.05) is 20.7 Å². The standard InChI is InChI=1S/C37H44N2O9/c1-36(2,3)47-32(42)17-15-28(22-40)38-34(43)27-18-29(45-35(44)24-13-10-23(11-14-24)12-16-31(41)39(4)5)33-30(19-27)46-37(48-33)20-25-8-6-7-9-26(25)21-37/h6-14,16,19,28-30,33,40H,15,17-18,20-22H2,1-5H3,(H,38,43)/t28-,29+,30+,33-/m0/s1. The van der Waals surface area contributed by atoms with Crippen molar-refractivity contribution in [2.45, 2.75) is 88.6 Å². The minimum absolute atomic E-state index is 0.0212. The summed E-state index contributed by atoms with van der Waals surface area (Å²) in [5.41, 5.74) is 2.95. The van der Waals surface area contributed by atoms with Gasteiger partial charge in [-0.1, -0.05) is 36.4 Å². The summed E-state index contributed by atoms with van der Waals surface area (Å²) >= 11 is 0. The first-order valence-electron chi connectivity index (χ1n) is 16.2. The minimum Gasteiger partial charge on any atom is -0.460 e. The number of carbonyl (C=O) groups is 4. The van der Waals surface area contributed by atoms with Gasteiger partial charge in [0, 0.05) is 51.4 Å². The number of rotatable bonds is 10. The van der Waals surface area contributed by atoms with E-state index in [1.165, 1.54) is 11.0 Å². The smallest absolute Gasteiger partial charge is 0.338 e. The van der Waals surface area contributed by atoms with E-state index in [4.69, 9.17) is 18.9 Å². The fourth-order valence-electron chi connectivity index (χ4n) is 6.09. The molecule has 2 aliphatic carbocycles. The van der Waals surface area contributed by atoms with Gasteiger partial charge in [-0.25, -0.2) is 4.79 Å². The molecule has 256 valence electrons. The van der Waals surface area contributed by atoms with Crippen molar-refractivity contribution in [1.82, 2.24) is 10.2 Å². The second-order valence-corrected chi connectivity index (χ2v) is 13.7. The molecule has 2 N–H and O–H groups in total. The Bertz CT molecular complexity index is 1560. The SMILES string of the molecule is CN(C)C(=O)C=Cc1ccc(C(=O)O[C@@H]2CC(C(=O)N[C@H](CO)CCC(=O)OC(C)(C)C)=C[C@H]3OC4(Cc5ccccc5C4)O[C@H]32)cc1. The summed E-state index contributed by atoms with van der Waals surface area (Å²) in [6.07, 6.45) is 3.96. The average molecular weight is 661 g/mol. The first-order chi connectivity index (χ1) is 22.7. The molecule has 1 aliphatic heterocycles. The Morgan fingerprint density at radius 1 is 1.04 bits per heavy atom. The molecule has 3 aliphatic rings. The summed E-state index contributed by atoms with van der Waals surface area (Å²) in [4.78, 5) is 52.5. The minimum atomic E-state index is -0.953. The van der Waals surface area contributed by atoms with Crippen LogP contribution in [0.2, 0.25) is 0 Å². The lowest BCUT2D eigenvalue weighted by Gasteiger charge is -2.31. The number of likely N-dealkylation sites (N-methyl/N-ethyl adjacent to an activating group) is 1. The van der Waals surface area contributed by atoms with E-state index < -0.39 is 53.6 Å². The van der Waals surface area contributed by atoms with Gasteiger partial charge in [-0.15, -0.1) is 0 Å². The predicted molar refractivity (Wildman–Crippen MR) is 176 cm³/mol. The zero-order valence-corrected chi connectivity index (χ0v) is 28.1. The molecule has 0 bridgehead atoms. The number of esters is 2. The Morgan fingerprint density at radius 3 is 2.31 bits per heavy atom. The highest BCUT2D eigenvalue weighted by atomic mass is 16.8. The summed E-state index contributed by atoms with van der Waals surface area (Å²) in [6.45, 7) is 4.94. The highest BCUT2D eigenvalue weighted by Gasteiger charge is 2.55. The van der Waals surface area contributed by atoms with Gasteiger partial charge in [0.25, 0.3) is 0 Å². The zero-order valence-electron chi connectivity index (χ0n) is 28.1. The van der Waals surface area contributed by atoms with Crippen LogP contribution in [0.25, 0.3) is 6.08 Å².